The molecule has 4 aromatic heterocycles. The number of aromatic nitrogens is 4. The van der Waals surface area contributed by atoms with E-state index in [0.717, 1.165) is 44.6 Å². The van der Waals surface area contributed by atoms with Crippen LogP contribution < -0.4 is 13.7 Å². The van der Waals surface area contributed by atoms with Gasteiger partial charge in [0.05, 0.1) is 11.1 Å². The van der Waals surface area contributed by atoms with E-state index in [2.05, 4.69) is 203 Å². The van der Waals surface area contributed by atoms with Gasteiger partial charge < -0.3 is 0 Å². The number of hydrogen-bond acceptors (Lipinski definition) is 3. The minimum Gasteiger partial charge on any atom is -0.240 e. The van der Waals surface area contributed by atoms with Crippen molar-refractivity contribution in [2.45, 2.75) is 0 Å². The smallest absolute Gasteiger partial charge is 0.240 e. The Bertz CT molecular complexity index is 3550. The van der Waals surface area contributed by atoms with Gasteiger partial charge in [-0.25, -0.2) is 4.98 Å². The molecule has 4 heterocycles. The van der Waals surface area contributed by atoms with Crippen LogP contribution >= 0.6 is 22.7 Å². The lowest BCUT2D eigenvalue weighted by molar-refractivity contribution is -0.857. The third-order valence-corrected chi connectivity index (χ3v) is 13.3. The van der Waals surface area contributed by atoms with Gasteiger partial charge in [-0.3, -0.25) is 0 Å². The van der Waals surface area contributed by atoms with Crippen molar-refractivity contribution in [3.05, 3.63) is 189 Å². The van der Waals surface area contributed by atoms with Crippen LogP contribution in [0, 0.1) is 0 Å². The summed E-state index contributed by atoms with van der Waals surface area (Å²) in [5.74, 6) is 0. The Labute approximate surface area is 329 Å². The molecule has 12 aromatic rings. The minimum absolute atomic E-state index is 0.952. The van der Waals surface area contributed by atoms with E-state index in [1.807, 2.05) is 22.7 Å². The molecule has 8 aromatic carbocycles. The molecule has 0 N–H and O–H groups in total. The summed E-state index contributed by atoms with van der Waals surface area (Å²) in [7, 11) is 0. The average molecular weight is 752 g/mol. The lowest BCUT2D eigenvalue weighted by atomic mass is 9.96. The minimum atomic E-state index is 0.952. The van der Waals surface area contributed by atoms with Crippen molar-refractivity contribution in [3.63, 3.8) is 0 Å². The molecule has 56 heavy (non-hydrogen) atoms. The van der Waals surface area contributed by atoms with Crippen molar-refractivity contribution in [1.29, 1.82) is 0 Å². The van der Waals surface area contributed by atoms with E-state index in [4.69, 9.17) is 4.98 Å². The molecule has 0 amide bonds. The van der Waals surface area contributed by atoms with Crippen LogP contribution in [0.3, 0.4) is 0 Å². The standard InChI is InChI=1S/C50H31N4S2/c1-2-13-33(14-3-1)49-39-26-27-45-48(37-17-7-9-22-43(37)56-45)46(39)38-18-10-20-41(50(38)51-49)54-30-52(35-25-24-32-12-4-5-15-34(32)28-35)29-53(31-54)40-19-11-23-44-47(40)36-16-6-8-21-42(36)55-44/h1-31H/q+3. The molecule has 0 aliphatic heterocycles. The van der Waals surface area contributed by atoms with E-state index in [1.165, 1.54) is 56.5 Å². The molecule has 0 fully saturated rings. The van der Waals surface area contributed by atoms with E-state index in [-0.39, 0.29) is 0 Å². The zero-order valence-electron chi connectivity index (χ0n) is 30.0. The van der Waals surface area contributed by atoms with Crippen LogP contribution in [0.2, 0.25) is 0 Å². The highest BCUT2D eigenvalue weighted by molar-refractivity contribution is 7.26. The average Bonchev–Trinajstić information content (AvgIpc) is 3.84. The van der Waals surface area contributed by atoms with Crippen molar-refractivity contribution in [3.8, 4) is 28.3 Å². The molecule has 0 spiro atoms. The fraction of sp³-hybridized carbons (Fsp3) is 0. The molecule has 0 bridgehead atoms. The van der Waals surface area contributed by atoms with Crippen molar-refractivity contribution in [1.82, 2.24) is 4.98 Å². The number of rotatable bonds is 4. The Morgan fingerprint density at radius 2 is 0.982 bits per heavy atom. The van der Waals surface area contributed by atoms with Gasteiger partial charge in [0.2, 0.25) is 17.1 Å². The van der Waals surface area contributed by atoms with Gasteiger partial charge in [-0.05, 0) is 45.7 Å². The number of fused-ring (bicyclic) bond motifs is 11. The highest BCUT2D eigenvalue weighted by Crippen LogP contribution is 2.44. The lowest BCUT2D eigenvalue weighted by Crippen LogP contribution is -2.55. The summed E-state index contributed by atoms with van der Waals surface area (Å²) in [6.45, 7) is 0. The van der Waals surface area contributed by atoms with Crippen molar-refractivity contribution in [2.24, 2.45) is 0 Å². The number of para-hydroxylation sites is 1. The third-order valence-electron chi connectivity index (χ3n) is 11.1. The van der Waals surface area contributed by atoms with Crippen LogP contribution in [-0.4, -0.2) is 4.98 Å². The number of benzene rings is 8. The maximum atomic E-state index is 5.62. The molecule has 0 unspecified atom stereocenters. The fourth-order valence-electron chi connectivity index (χ4n) is 8.52. The highest BCUT2D eigenvalue weighted by atomic mass is 32.1. The molecule has 6 heteroatoms. The second kappa shape index (κ2) is 12.3. The molecule has 260 valence electrons. The Morgan fingerprint density at radius 3 is 1.80 bits per heavy atom. The topological polar surface area (TPSA) is 24.5 Å². The molecule has 0 radical (unpaired) electrons. The van der Waals surface area contributed by atoms with Crippen LogP contribution in [-0.2, 0) is 0 Å². The highest BCUT2D eigenvalue weighted by Gasteiger charge is 2.30. The summed E-state index contributed by atoms with van der Waals surface area (Å²) >= 11 is 3.70. The zero-order valence-corrected chi connectivity index (χ0v) is 31.6. The first kappa shape index (κ1) is 31.5. The fourth-order valence-corrected chi connectivity index (χ4v) is 10.8. The monoisotopic (exact) mass is 751 g/mol. The maximum Gasteiger partial charge on any atom is 0.428 e. The van der Waals surface area contributed by atoms with E-state index in [0.29, 0.717) is 0 Å². The zero-order chi connectivity index (χ0) is 36.7. The van der Waals surface area contributed by atoms with Gasteiger partial charge in [-0.1, -0.05) is 124 Å². The van der Waals surface area contributed by atoms with Gasteiger partial charge in [0.15, 0.2) is 0 Å². The number of hydrogen-bond donors (Lipinski definition) is 0. The normalized spacial score (nSPS) is 11.9. The van der Waals surface area contributed by atoms with E-state index in [9.17, 15) is 0 Å². The first-order valence-corrected chi connectivity index (χ1v) is 20.4. The van der Waals surface area contributed by atoms with Crippen LogP contribution in [0.5, 0.6) is 0 Å². The molecule has 12 rings (SSSR count). The third kappa shape index (κ3) is 4.83. The predicted octanol–water partition coefficient (Wildman–Crippen LogP) is 11.8. The SMILES string of the molecule is c1ccc(-c2nc3c(-[n+]4c[n+](-c5ccc6ccccc6c5)c[n+](-c5cccc6sc7ccccc7c56)c4)cccc3c3c2ccc2sc4ccccc4c23)cc1. The van der Waals surface area contributed by atoms with Crippen molar-refractivity contribution >= 4 is 95.5 Å². The molecular formula is C50H31N4S2+3. The van der Waals surface area contributed by atoms with E-state index >= 15 is 0 Å². The first-order valence-electron chi connectivity index (χ1n) is 18.8. The summed E-state index contributed by atoms with van der Waals surface area (Å²) in [6.07, 6.45) is 6.60. The molecule has 0 saturated carbocycles. The molecular weight excluding hydrogens is 721 g/mol. The summed E-state index contributed by atoms with van der Waals surface area (Å²) in [4.78, 5) is 5.62. The van der Waals surface area contributed by atoms with Crippen molar-refractivity contribution < 1.29 is 13.7 Å². The molecule has 0 atom stereocenters. The van der Waals surface area contributed by atoms with E-state index < -0.39 is 0 Å². The van der Waals surface area contributed by atoms with Gasteiger partial charge in [0, 0.05) is 80.9 Å². The van der Waals surface area contributed by atoms with Gasteiger partial charge in [-0.2, -0.15) is 0 Å². The molecule has 4 nitrogen and oxygen atoms in total. The number of thiophene rings is 2. The van der Waals surface area contributed by atoms with Crippen LogP contribution in [0.4, 0.5) is 0 Å². The maximum absolute atomic E-state index is 5.62. The van der Waals surface area contributed by atoms with E-state index in [1.54, 1.807) is 0 Å². The van der Waals surface area contributed by atoms with Gasteiger partial charge in [0.25, 0.3) is 0 Å². The molecule has 0 aliphatic rings. The molecule has 0 aliphatic carbocycles. The van der Waals surface area contributed by atoms with Crippen LogP contribution in [0.15, 0.2) is 189 Å². The summed E-state index contributed by atoms with van der Waals surface area (Å²) in [5, 5.41) is 11.0. The Morgan fingerprint density at radius 1 is 0.375 bits per heavy atom. The predicted molar refractivity (Wildman–Crippen MR) is 233 cm³/mol. The largest absolute Gasteiger partial charge is 0.428 e. The lowest BCUT2D eigenvalue weighted by Gasteiger charge is -2.12. The van der Waals surface area contributed by atoms with Crippen molar-refractivity contribution in [2.75, 3.05) is 0 Å². The quantitative estimate of drug-likeness (QED) is 0.130. The Hall–Kier alpha value is -6.86. The summed E-state index contributed by atoms with van der Waals surface area (Å²) in [6, 6.07) is 61.2. The number of pyridine rings is 1. The summed E-state index contributed by atoms with van der Waals surface area (Å²) < 4.78 is 11.9. The second-order valence-corrected chi connectivity index (χ2v) is 16.5. The summed E-state index contributed by atoms with van der Waals surface area (Å²) in [5.41, 5.74) is 6.24. The second-order valence-electron chi connectivity index (χ2n) is 14.3. The Kier molecular flexibility index (Phi) is 6.93. The molecule has 0 saturated heterocycles. The van der Waals surface area contributed by atoms with Gasteiger partial charge in [0.1, 0.15) is 5.52 Å². The van der Waals surface area contributed by atoms with Crippen LogP contribution in [0.1, 0.15) is 0 Å². The number of nitrogens with zero attached hydrogens (tertiary/aromatic N) is 4. The van der Waals surface area contributed by atoms with Gasteiger partial charge in [-0.15, -0.1) is 22.7 Å². The Balaban J connectivity index is 1.20. The van der Waals surface area contributed by atoms with Crippen LogP contribution in [0.25, 0.3) is 101 Å². The van der Waals surface area contributed by atoms with Gasteiger partial charge >= 0.3 is 19.0 Å². The first-order chi connectivity index (χ1) is 27.7.